The third kappa shape index (κ3) is 2.20. The number of carbonyl (C=O) groups is 1. The molecule has 0 atom stereocenters. The van der Waals surface area contributed by atoms with E-state index in [0.29, 0.717) is 17.2 Å². The molecule has 5 heteroatoms. The zero-order valence-electron chi connectivity index (χ0n) is 8.64. The fourth-order valence-electron chi connectivity index (χ4n) is 1.26. The van der Waals surface area contributed by atoms with E-state index in [1.165, 1.54) is 11.5 Å². The van der Waals surface area contributed by atoms with Crippen molar-refractivity contribution in [1.29, 1.82) is 0 Å². The Labute approximate surface area is 96.8 Å². The van der Waals surface area contributed by atoms with Gasteiger partial charge >= 0.3 is 0 Å². The number of benzene rings is 1. The highest BCUT2D eigenvalue weighted by Crippen LogP contribution is 2.25. The molecular weight excluding hydrogens is 224 g/mol. The molecule has 0 aliphatic carbocycles. The molecule has 1 aromatic heterocycles. The maximum atomic E-state index is 11.1. The highest BCUT2D eigenvalue weighted by Gasteiger charge is 2.10. The number of amides is 1. The molecule has 1 amide bonds. The van der Waals surface area contributed by atoms with Gasteiger partial charge in [-0.3, -0.25) is 4.79 Å². The Morgan fingerprint density at radius 1 is 1.44 bits per heavy atom. The molecule has 0 spiro atoms. The molecule has 0 fully saturated rings. The Kier molecular flexibility index (Phi) is 2.87. The molecule has 0 saturated heterocycles. The van der Waals surface area contributed by atoms with Gasteiger partial charge in [-0.25, -0.2) is 0 Å². The molecule has 0 aliphatic heterocycles. The van der Waals surface area contributed by atoms with Crippen LogP contribution >= 0.6 is 11.5 Å². The van der Waals surface area contributed by atoms with Crippen molar-refractivity contribution >= 4 is 17.4 Å². The molecule has 82 valence electrons. The van der Waals surface area contributed by atoms with Gasteiger partial charge in [-0.1, -0.05) is 12.1 Å². The topological polar surface area (TPSA) is 65.2 Å². The maximum Gasteiger partial charge on any atom is 0.252 e. The summed E-state index contributed by atoms with van der Waals surface area (Å²) in [7, 11) is 0. The summed E-state index contributed by atoms with van der Waals surface area (Å²) in [6.07, 6.45) is 0. The summed E-state index contributed by atoms with van der Waals surface area (Å²) in [5, 5.41) is 0. The van der Waals surface area contributed by atoms with E-state index in [0.717, 1.165) is 4.88 Å². The van der Waals surface area contributed by atoms with E-state index in [1.54, 1.807) is 24.3 Å². The lowest BCUT2D eigenvalue weighted by Gasteiger charge is -2.05. The zero-order chi connectivity index (χ0) is 11.5. The van der Waals surface area contributed by atoms with Crippen LogP contribution in [0.1, 0.15) is 15.2 Å². The predicted octanol–water partition coefficient (Wildman–Crippen LogP) is 2.34. The monoisotopic (exact) mass is 234 g/mol. The van der Waals surface area contributed by atoms with Crippen molar-refractivity contribution in [3.8, 4) is 11.6 Å². The van der Waals surface area contributed by atoms with Gasteiger partial charge in [-0.15, -0.1) is 0 Å². The lowest BCUT2D eigenvalue weighted by Crippen LogP contribution is -2.11. The van der Waals surface area contributed by atoms with Crippen LogP contribution in [0.5, 0.6) is 11.6 Å². The van der Waals surface area contributed by atoms with Gasteiger partial charge in [0.2, 0.25) is 5.88 Å². The van der Waals surface area contributed by atoms with Crippen molar-refractivity contribution in [3.63, 3.8) is 0 Å². The van der Waals surface area contributed by atoms with Gasteiger partial charge in [0, 0.05) is 10.9 Å². The van der Waals surface area contributed by atoms with E-state index in [-0.39, 0.29) is 0 Å². The molecule has 0 bridgehead atoms. The summed E-state index contributed by atoms with van der Waals surface area (Å²) in [6.45, 7) is 1.94. The molecule has 2 aromatic rings. The van der Waals surface area contributed by atoms with Gasteiger partial charge in [-0.2, -0.15) is 4.37 Å². The molecule has 2 rings (SSSR count). The molecule has 2 N–H and O–H groups in total. The Morgan fingerprint density at radius 2 is 2.19 bits per heavy atom. The Hall–Kier alpha value is -1.88. The minimum Gasteiger partial charge on any atom is -0.437 e. The number of hydrogen-bond donors (Lipinski definition) is 1. The van der Waals surface area contributed by atoms with Crippen LogP contribution in [0.2, 0.25) is 0 Å². The number of carbonyl (C=O) groups excluding carboxylic acids is 1. The van der Waals surface area contributed by atoms with Crippen molar-refractivity contribution in [1.82, 2.24) is 4.37 Å². The average Bonchev–Trinajstić information content (AvgIpc) is 2.64. The van der Waals surface area contributed by atoms with Crippen LogP contribution in [-0.2, 0) is 0 Å². The standard InChI is InChI=1S/C11H10N2O2S/c1-7-6-10(13-16-7)15-9-5-3-2-4-8(9)11(12)14/h2-6H,1H3,(H2,12,14). The van der Waals surface area contributed by atoms with Crippen LogP contribution in [0.4, 0.5) is 0 Å². The van der Waals surface area contributed by atoms with Gasteiger partial charge in [-0.05, 0) is 30.6 Å². The quantitative estimate of drug-likeness (QED) is 0.886. The second kappa shape index (κ2) is 4.32. The fourth-order valence-corrected chi connectivity index (χ4v) is 1.74. The number of rotatable bonds is 3. The molecule has 0 unspecified atom stereocenters. The summed E-state index contributed by atoms with van der Waals surface area (Å²) < 4.78 is 9.57. The number of para-hydroxylation sites is 1. The van der Waals surface area contributed by atoms with Crippen molar-refractivity contribution in [2.24, 2.45) is 5.73 Å². The molecule has 0 saturated carbocycles. The van der Waals surface area contributed by atoms with Gasteiger partial charge in [0.25, 0.3) is 5.91 Å². The highest BCUT2D eigenvalue weighted by molar-refractivity contribution is 7.05. The summed E-state index contributed by atoms with van der Waals surface area (Å²) >= 11 is 1.35. The molecular formula is C11H10N2O2S. The number of aryl methyl sites for hydroxylation is 1. The van der Waals surface area contributed by atoms with Gasteiger partial charge in [0.15, 0.2) is 0 Å². The number of primary amides is 1. The lowest BCUT2D eigenvalue weighted by atomic mass is 10.2. The lowest BCUT2D eigenvalue weighted by molar-refractivity contribution is 0.0998. The number of ether oxygens (including phenoxy) is 1. The fraction of sp³-hybridized carbons (Fsp3) is 0.0909. The van der Waals surface area contributed by atoms with Crippen LogP contribution in [-0.4, -0.2) is 10.3 Å². The van der Waals surface area contributed by atoms with Crippen molar-refractivity contribution in [2.75, 3.05) is 0 Å². The number of nitrogens with zero attached hydrogens (tertiary/aromatic N) is 1. The molecule has 0 radical (unpaired) electrons. The second-order valence-electron chi connectivity index (χ2n) is 3.24. The summed E-state index contributed by atoms with van der Waals surface area (Å²) in [5.74, 6) is 0.402. The normalized spacial score (nSPS) is 10.1. The Morgan fingerprint density at radius 3 is 2.81 bits per heavy atom. The minimum absolute atomic E-state index is 0.355. The van der Waals surface area contributed by atoms with Crippen LogP contribution in [0, 0.1) is 6.92 Å². The van der Waals surface area contributed by atoms with Gasteiger partial charge in [0.05, 0.1) is 5.56 Å². The van der Waals surface area contributed by atoms with Crippen molar-refractivity contribution < 1.29 is 9.53 Å². The average molecular weight is 234 g/mol. The minimum atomic E-state index is -0.512. The smallest absolute Gasteiger partial charge is 0.252 e. The molecule has 4 nitrogen and oxygen atoms in total. The third-order valence-electron chi connectivity index (χ3n) is 1.97. The van der Waals surface area contributed by atoms with Crippen LogP contribution < -0.4 is 10.5 Å². The molecule has 1 aromatic carbocycles. The van der Waals surface area contributed by atoms with E-state index in [9.17, 15) is 4.79 Å². The molecule has 0 aliphatic rings. The number of hydrogen-bond acceptors (Lipinski definition) is 4. The van der Waals surface area contributed by atoms with Crippen LogP contribution in [0.25, 0.3) is 0 Å². The first-order valence-electron chi connectivity index (χ1n) is 4.67. The van der Waals surface area contributed by atoms with E-state index >= 15 is 0 Å². The number of aromatic nitrogens is 1. The first kappa shape index (κ1) is 10.6. The van der Waals surface area contributed by atoms with Crippen LogP contribution in [0.3, 0.4) is 0 Å². The van der Waals surface area contributed by atoms with Crippen LogP contribution in [0.15, 0.2) is 30.3 Å². The molecule has 1 heterocycles. The van der Waals surface area contributed by atoms with Crippen molar-refractivity contribution in [3.05, 3.63) is 40.8 Å². The largest absolute Gasteiger partial charge is 0.437 e. The Bertz CT molecular complexity index is 522. The van der Waals surface area contributed by atoms with E-state index in [4.69, 9.17) is 10.5 Å². The first-order chi connectivity index (χ1) is 7.66. The third-order valence-corrected chi connectivity index (χ3v) is 2.65. The predicted molar refractivity (Wildman–Crippen MR) is 61.9 cm³/mol. The van der Waals surface area contributed by atoms with E-state index in [1.807, 2.05) is 13.0 Å². The van der Waals surface area contributed by atoms with Crippen molar-refractivity contribution in [2.45, 2.75) is 6.92 Å². The van der Waals surface area contributed by atoms with Gasteiger partial charge in [0.1, 0.15) is 5.75 Å². The highest BCUT2D eigenvalue weighted by atomic mass is 32.1. The summed E-state index contributed by atoms with van der Waals surface area (Å²) in [5.41, 5.74) is 5.59. The van der Waals surface area contributed by atoms with E-state index in [2.05, 4.69) is 4.37 Å². The second-order valence-corrected chi connectivity index (χ2v) is 4.25. The molecule has 16 heavy (non-hydrogen) atoms. The SMILES string of the molecule is Cc1cc(Oc2ccccc2C(N)=O)ns1. The first-order valence-corrected chi connectivity index (χ1v) is 5.44. The zero-order valence-corrected chi connectivity index (χ0v) is 9.45. The van der Waals surface area contributed by atoms with E-state index < -0.39 is 5.91 Å². The summed E-state index contributed by atoms with van der Waals surface area (Å²) in [4.78, 5) is 12.2. The van der Waals surface area contributed by atoms with Gasteiger partial charge < -0.3 is 10.5 Å². The number of nitrogens with two attached hydrogens (primary N) is 1. The summed E-state index contributed by atoms with van der Waals surface area (Å²) in [6, 6.07) is 8.63. The Balaban J connectivity index is 2.31. The maximum absolute atomic E-state index is 11.1.